The molecule has 1 aromatic rings. The Labute approximate surface area is 331 Å². The van der Waals surface area contributed by atoms with E-state index in [-0.39, 0.29) is 56.0 Å². The van der Waals surface area contributed by atoms with Crippen molar-refractivity contribution in [3.63, 3.8) is 0 Å². The Morgan fingerprint density at radius 3 is 2.40 bits per heavy atom. The highest BCUT2D eigenvalue weighted by molar-refractivity contribution is 7.91. The van der Waals surface area contributed by atoms with Gasteiger partial charge in [0.15, 0.2) is 5.78 Å². The van der Waals surface area contributed by atoms with Crippen LogP contribution in [0, 0.1) is 23.6 Å². The SMILES string of the molecule is C=C[C@@H]1C[C@]1(NC(=O)[C@@H]1C[C@@H](C2c3cccc(F)c3CN2C(=O)O)CN1C(=O)[C@H](CCC(=O)/C=C/C1CCCC1)NC(=O)OC(C)(C)C)C(=O)NS(=O)(=O)C1CC1. The number of rotatable bonds is 14. The number of likely N-dealkylation sites (tertiary alicyclic amines) is 1. The Morgan fingerprint density at radius 1 is 1.09 bits per heavy atom. The van der Waals surface area contributed by atoms with E-state index in [1.54, 1.807) is 26.8 Å². The van der Waals surface area contributed by atoms with E-state index in [0.717, 1.165) is 30.6 Å². The molecule has 2 aliphatic heterocycles. The van der Waals surface area contributed by atoms with Gasteiger partial charge in [0.05, 0.1) is 17.8 Å². The molecule has 17 heteroatoms. The molecule has 6 atom stereocenters. The van der Waals surface area contributed by atoms with Crippen LogP contribution in [0.5, 0.6) is 0 Å². The van der Waals surface area contributed by atoms with E-state index in [0.29, 0.717) is 18.4 Å². The minimum Gasteiger partial charge on any atom is -0.465 e. The molecule has 0 bridgehead atoms. The molecular formula is C40H52FN5O10S. The number of carboxylic acid groups (broad SMARTS) is 1. The summed E-state index contributed by atoms with van der Waals surface area (Å²) in [4.78, 5) is 83.7. The zero-order chi connectivity index (χ0) is 41.4. The smallest absolute Gasteiger partial charge is 0.408 e. The van der Waals surface area contributed by atoms with Crippen LogP contribution in [0.25, 0.3) is 0 Å². The van der Waals surface area contributed by atoms with Crippen LogP contribution in [0.3, 0.4) is 0 Å². The third kappa shape index (κ3) is 9.34. The summed E-state index contributed by atoms with van der Waals surface area (Å²) in [5.74, 6) is -4.50. The van der Waals surface area contributed by atoms with Crippen molar-refractivity contribution in [2.24, 2.45) is 17.8 Å². The lowest BCUT2D eigenvalue weighted by Gasteiger charge is -2.31. The number of ether oxygens (including phenoxy) is 1. The van der Waals surface area contributed by atoms with E-state index in [1.807, 2.05) is 6.08 Å². The molecule has 1 aromatic carbocycles. The van der Waals surface area contributed by atoms with Crippen molar-refractivity contribution < 1.29 is 51.4 Å². The Morgan fingerprint density at radius 2 is 1.79 bits per heavy atom. The van der Waals surface area contributed by atoms with Crippen molar-refractivity contribution >= 4 is 45.7 Å². The molecule has 3 saturated carbocycles. The van der Waals surface area contributed by atoms with Crippen LogP contribution in [0.2, 0.25) is 0 Å². The van der Waals surface area contributed by atoms with Crippen LogP contribution in [0.1, 0.15) is 102 Å². The van der Waals surface area contributed by atoms with Crippen LogP contribution < -0.4 is 15.4 Å². The van der Waals surface area contributed by atoms with Gasteiger partial charge in [0.25, 0.3) is 5.91 Å². The summed E-state index contributed by atoms with van der Waals surface area (Å²) in [6, 6.07) is 0.578. The summed E-state index contributed by atoms with van der Waals surface area (Å²) in [7, 11) is -3.99. The maximum absolute atomic E-state index is 15.0. The van der Waals surface area contributed by atoms with Gasteiger partial charge in [0.1, 0.15) is 29.0 Å². The number of halogens is 1. The normalized spacial score (nSPS) is 26.5. The van der Waals surface area contributed by atoms with Crippen molar-refractivity contribution in [2.45, 2.75) is 126 Å². The summed E-state index contributed by atoms with van der Waals surface area (Å²) >= 11 is 0. The summed E-state index contributed by atoms with van der Waals surface area (Å²) in [6.45, 7) is 8.17. The minimum absolute atomic E-state index is 0.0414. The number of allylic oxidation sites excluding steroid dienone is 2. The molecule has 0 aromatic heterocycles. The highest BCUT2D eigenvalue weighted by Gasteiger charge is 2.62. The van der Waals surface area contributed by atoms with Gasteiger partial charge >= 0.3 is 12.2 Å². The lowest BCUT2D eigenvalue weighted by molar-refractivity contribution is -0.141. The molecule has 57 heavy (non-hydrogen) atoms. The zero-order valence-corrected chi connectivity index (χ0v) is 33.3. The van der Waals surface area contributed by atoms with E-state index in [4.69, 9.17) is 4.74 Å². The van der Waals surface area contributed by atoms with E-state index < -0.39 is 92.1 Å². The molecular weight excluding hydrogens is 762 g/mol. The number of benzene rings is 1. The van der Waals surface area contributed by atoms with Crippen LogP contribution in [-0.2, 0) is 40.5 Å². The van der Waals surface area contributed by atoms with Gasteiger partial charge < -0.3 is 25.4 Å². The van der Waals surface area contributed by atoms with Crippen molar-refractivity contribution in [1.29, 1.82) is 0 Å². The number of nitrogens with one attached hydrogen (secondary N) is 3. The molecule has 0 radical (unpaired) electrons. The Bertz CT molecular complexity index is 1960. The van der Waals surface area contributed by atoms with Gasteiger partial charge in [-0.1, -0.05) is 37.1 Å². The summed E-state index contributed by atoms with van der Waals surface area (Å²) in [5.41, 5.74) is -2.08. The molecule has 5 amide bonds. The third-order valence-electron chi connectivity index (χ3n) is 11.6. The van der Waals surface area contributed by atoms with Crippen molar-refractivity contribution in [3.8, 4) is 0 Å². The number of amides is 5. The topological polar surface area (TPSA) is 209 Å². The van der Waals surface area contributed by atoms with Gasteiger partial charge in [0.2, 0.25) is 21.8 Å². The fourth-order valence-corrected chi connectivity index (χ4v) is 9.79. The van der Waals surface area contributed by atoms with Gasteiger partial charge in [-0.2, -0.15) is 0 Å². The molecule has 6 rings (SSSR count). The van der Waals surface area contributed by atoms with Crippen molar-refractivity contribution in [2.75, 3.05) is 6.54 Å². The first-order valence-corrected chi connectivity index (χ1v) is 21.2. The van der Waals surface area contributed by atoms with Crippen LogP contribution in [0.4, 0.5) is 14.0 Å². The standard InChI is InChI=1S/C40H52FN5O10S/c1-5-25-20-40(25,36(50)44-57(54,55)27-16-17-27)43-34(48)32-19-24(33-28-11-8-12-30(41)29(28)22-46(33)38(52)53)21-45(32)35(49)31(42-37(51)56-39(2,3)4)18-15-26(47)14-13-23-9-6-7-10-23/h5,8,11-14,23-25,27,31-33H,1,6-7,9-10,15-22H2,2-4H3,(H,42,51)(H,43,48)(H,44,50)(H,52,53)/b14-13+/t24-,25-,31+,32+,33?,40-/m1/s1. The highest BCUT2D eigenvalue weighted by atomic mass is 32.2. The van der Waals surface area contributed by atoms with E-state index in [2.05, 4.69) is 21.9 Å². The number of ketones is 1. The second kappa shape index (κ2) is 16.2. The fourth-order valence-electron chi connectivity index (χ4n) is 8.43. The van der Waals surface area contributed by atoms with Crippen molar-refractivity contribution in [3.05, 3.63) is 60.0 Å². The summed E-state index contributed by atoms with van der Waals surface area (Å²) in [5, 5.41) is 14.8. The average molecular weight is 814 g/mol. The third-order valence-corrected chi connectivity index (χ3v) is 13.4. The fraction of sp³-hybridized carbons (Fsp3) is 0.600. The largest absolute Gasteiger partial charge is 0.465 e. The molecule has 0 spiro atoms. The second-order valence-corrected chi connectivity index (χ2v) is 18.9. The van der Waals surface area contributed by atoms with Gasteiger partial charge in [-0.25, -0.2) is 22.4 Å². The number of carbonyl (C=O) groups excluding carboxylic acids is 5. The van der Waals surface area contributed by atoms with Crippen LogP contribution >= 0.6 is 0 Å². The van der Waals surface area contributed by atoms with Crippen molar-refractivity contribution in [1.82, 2.24) is 25.2 Å². The van der Waals surface area contributed by atoms with Gasteiger partial charge in [-0.15, -0.1) is 6.58 Å². The molecule has 4 fully saturated rings. The number of alkyl carbamates (subject to hydrolysis) is 1. The molecule has 1 unspecified atom stereocenters. The van der Waals surface area contributed by atoms with E-state index in [1.165, 1.54) is 29.2 Å². The molecule has 15 nitrogen and oxygen atoms in total. The number of nitrogens with zero attached hydrogens (tertiary/aromatic N) is 2. The van der Waals surface area contributed by atoms with E-state index in [9.17, 15) is 42.3 Å². The number of fused-ring (bicyclic) bond motifs is 1. The first-order valence-electron chi connectivity index (χ1n) is 19.6. The van der Waals surface area contributed by atoms with Crippen LogP contribution in [0.15, 0.2) is 43.0 Å². The van der Waals surface area contributed by atoms with Gasteiger partial charge in [0, 0.05) is 30.4 Å². The first kappa shape index (κ1) is 41.8. The molecule has 2 heterocycles. The molecule has 5 aliphatic rings. The van der Waals surface area contributed by atoms with Crippen LogP contribution in [-0.4, -0.2) is 94.0 Å². The summed E-state index contributed by atoms with van der Waals surface area (Å²) < 4.78 is 48.1. The zero-order valence-electron chi connectivity index (χ0n) is 32.5. The lowest BCUT2D eigenvalue weighted by Crippen LogP contribution is -2.58. The first-order chi connectivity index (χ1) is 26.8. The maximum Gasteiger partial charge on any atom is 0.408 e. The highest BCUT2D eigenvalue weighted by Crippen LogP contribution is 2.47. The Kier molecular flexibility index (Phi) is 11.9. The molecule has 310 valence electrons. The minimum atomic E-state index is -3.99. The quantitative estimate of drug-likeness (QED) is 0.155. The molecule has 1 saturated heterocycles. The Hall–Kier alpha value is -4.80. The predicted molar refractivity (Wildman–Crippen MR) is 204 cm³/mol. The van der Waals surface area contributed by atoms with Gasteiger partial charge in [-0.3, -0.25) is 28.8 Å². The summed E-state index contributed by atoms with van der Waals surface area (Å²) in [6.07, 6.45) is 7.03. The monoisotopic (exact) mass is 813 g/mol. The van der Waals surface area contributed by atoms with Gasteiger partial charge in [-0.05, 0) is 89.3 Å². The second-order valence-electron chi connectivity index (χ2n) is 17.0. The lowest BCUT2D eigenvalue weighted by atomic mass is 9.90. The molecule has 4 N–H and O–H groups in total. The predicted octanol–water partition coefficient (Wildman–Crippen LogP) is 4.24. The molecule has 3 aliphatic carbocycles. The Balaban J connectivity index is 1.31. The number of sulfonamides is 1. The number of hydrogen-bond donors (Lipinski definition) is 4. The number of hydrogen-bond acceptors (Lipinski definition) is 9. The maximum atomic E-state index is 15.0. The van der Waals surface area contributed by atoms with E-state index >= 15 is 4.39 Å². The number of carbonyl (C=O) groups is 6. The average Bonchev–Trinajstić information content (AvgIpc) is 3.93.